The molecule has 2 heterocycles. The summed E-state index contributed by atoms with van der Waals surface area (Å²) in [4.78, 5) is 6.36. The lowest BCUT2D eigenvalue weighted by Crippen LogP contribution is -2.19. The molecule has 2 aromatic heterocycles. The van der Waals surface area contributed by atoms with Gasteiger partial charge in [-0.05, 0) is 38.1 Å². The largest absolute Gasteiger partial charge is 0.416 e. The molecule has 0 amide bonds. The Hall–Kier alpha value is -1.56. The fraction of sp³-hybridized carbons (Fsp3) is 0.357. The molecule has 0 saturated carbocycles. The number of alkyl halides is 3. The maximum atomic E-state index is 12.6. The van der Waals surface area contributed by atoms with Gasteiger partial charge in [0.1, 0.15) is 5.82 Å². The van der Waals surface area contributed by atoms with Crippen molar-refractivity contribution in [2.45, 2.75) is 32.5 Å². The fourth-order valence-electron chi connectivity index (χ4n) is 1.89. The predicted molar refractivity (Wildman–Crippen MR) is 75.1 cm³/mol. The van der Waals surface area contributed by atoms with E-state index in [0.717, 1.165) is 18.6 Å². The summed E-state index contributed by atoms with van der Waals surface area (Å²) in [5, 5.41) is 3.01. The molecule has 108 valence electrons. The van der Waals surface area contributed by atoms with E-state index in [-0.39, 0.29) is 11.9 Å². The van der Waals surface area contributed by atoms with Crippen LogP contribution in [0.25, 0.3) is 0 Å². The molecule has 0 radical (unpaired) electrons. The van der Waals surface area contributed by atoms with Gasteiger partial charge in [-0.2, -0.15) is 13.2 Å². The van der Waals surface area contributed by atoms with Crippen LogP contribution in [0.5, 0.6) is 0 Å². The van der Waals surface area contributed by atoms with Crippen molar-refractivity contribution in [1.82, 2.24) is 4.98 Å². The Kier molecular flexibility index (Phi) is 4.32. The van der Waals surface area contributed by atoms with Gasteiger partial charge >= 0.3 is 6.18 Å². The second-order valence-corrected chi connectivity index (χ2v) is 6.06. The summed E-state index contributed by atoms with van der Waals surface area (Å²) in [7, 11) is 0. The zero-order valence-corrected chi connectivity index (χ0v) is 12.0. The first-order chi connectivity index (χ1) is 9.34. The van der Waals surface area contributed by atoms with Gasteiger partial charge in [0, 0.05) is 28.4 Å². The maximum absolute atomic E-state index is 12.6. The third-order valence-corrected chi connectivity index (χ3v) is 3.81. The Bertz CT molecular complexity index is 578. The van der Waals surface area contributed by atoms with Crippen molar-refractivity contribution in [3.8, 4) is 0 Å². The molecule has 0 saturated heterocycles. The first-order valence-electron chi connectivity index (χ1n) is 6.19. The number of hydrogen-bond donors (Lipinski definition) is 1. The second-order valence-electron chi connectivity index (χ2n) is 4.69. The number of hydrogen-bond acceptors (Lipinski definition) is 3. The van der Waals surface area contributed by atoms with Crippen molar-refractivity contribution in [3.05, 3.63) is 45.8 Å². The molecule has 0 aliphatic heterocycles. The van der Waals surface area contributed by atoms with E-state index in [1.165, 1.54) is 16.0 Å². The number of thiophene rings is 1. The number of pyridine rings is 1. The summed E-state index contributed by atoms with van der Waals surface area (Å²) < 4.78 is 37.8. The molecule has 1 unspecified atom stereocenters. The molecule has 0 bridgehead atoms. The van der Waals surface area contributed by atoms with Crippen molar-refractivity contribution in [2.24, 2.45) is 0 Å². The van der Waals surface area contributed by atoms with Crippen molar-refractivity contribution >= 4 is 17.2 Å². The van der Waals surface area contributed by atoms with Crippen molar-refractivity contribution in [2.75, 3.05) is 5.32 Å². The average molecular weight is 300 g/mol. The molecule has 20 heavy (non-hydrogen) atoms. The van der Waals surface area contributed by atoms with Crippen LogP contribution in [0, 0.1) is 6.92 Å². The molecule has 0 fully saturated rings. The number of halogens is 3. The first kappa shape index (κ1) is 14.8. The van der Waals surface area contributed by atoms with Crippen LogP contribution < -0.4 is 5.32 Å². The highest BCUT2D eigenvalue weighted by Crippen LogP contribution is 2.30. The van der Waals surface area contributed by atoms with Crippen LogP contribution in [-0.2, 0) is 12.6 Å². The number of nitrogens with zero attached hydrogens (tertiary/aromatic N) is 1. The quantitative estimate of drug-likeness (QED) is 0.898. The smallest absolute Gasteiger partial charge is 0.367 e. The highest BCUT2D eigenvalue weighted by Gasteiger charge is 2.30. The molecular weight excluding hydrogens is 285 g/mol. The normalized spacial score (nSPS) is 13.2. The minimum atomic E-state index is -4.34. The predicted octanol–water partition coefficient (Wildman–Crippen LogP) is 4.51. The lowest BCUT2D eigenvalue weighted by Gasteiger charge is -2.15. The van der Waals surface area contributed by atoms with Crippen LogP contribution in [0.4, 0.5) is 19.0 Å². The van der Waals surface area contributed by atoms with Gasteiger partial charge in [0.05, 0.1) is 5.56 Å². The average Bonchev–Trinajstić information content (AvgIpc) is 2.73. The number of rotatable bonds is 4. The summed E-state index contributed by atoms with van der Waals surface area (Å²) in [6, 6.07) is 6.10. The molecular formula is C14H15F3N2S. The van der Waals surface area contributed by atoms with E-state index in [1.54, 1.807) is 11.3 Å². The molecule has 0 aliphatic carbocycles. The van der Waals surface area contributed by atoms with E-state index in [4.69, 9.17) is 0 Å². The highest BCUT2D eigenvalue weighted by molar-refractivity contribution is 7.11. The highest BCUT2D eigenvalue weighted by atomic mass is 32.1. The van der Waals surface area contributed by atoms with Gasteiger partial charge in [-0.15, -0.1) is 11.3 Å². The lowest BCUT2D eigenvalue weighted by atomic mass is 10.2. The third-order valence-electron chi connectivity index (χ3n) is 2.78. The van der Waals surface area contributed by atoms with Crippen molar-refractivity contribution in [1.29, 1.82) is 0 Å². The Morgan fingerprint density at radius 1 is 1.30 bits per heavy atom. The molecule has 0 spiro atoms. The second kappa shape index (κ2) is 5.83. The Labute approximate surface area is 119 Å². The van der Waals surface area contributed by atoms with Gasteiger partial charge < -0.3 is 5.32 Å². The van der Waals surface area contributed by atoms with Gasteiger partial charge in [0.15, 0.2) is 0 Å². The van der Waals surface area contributed by atoms with Gasteiger partial charge in [-0.25, -0.2) is 4.98 Å². The zero-order valence-electron chi connectivity index (χ0n) is 11.2. The van der Waals surface area contributed by atoms with Gasteiger partial charge in [-0.1, -0.05) is 0 Å². The van der Waals surface area contributed by atoms with Crippen molar-refractivity contribution < 1.29 is 13.2 Å². The van der Waals surface area contributed by atoms with Crippen molar-refractivity contribution in [3.63, 3.8) is 0 Å². The zero-order chi connectivity index (χ0) is 14.8. The molecule has 0 aliphatic rings. The van der Waals surface area contributed by atoms with Crippen LogP contribution in [0.2, 0.25) is 0 Å². The number of aryl methyl sites for hydroxylation is 1. The van der Waals surface area contributed by atoms with E-state index in [0.29, 0.717) is 0 Å². The first-order valence-corrected chi connectivity index (χ1v) is 7.01. The summed E-state index contributed by atoms with van der Waals surface area (Å²) in [6.07, 6.45) is -2.41. The fourth-order valence-corrected chi connectivity index (χ4v) is 2.90. The molecule has 2 rings (SSSR count). The monoisotopic (exact) mass is 300 g/mol. The molecule has 0 aromatic carbocycles. The van der Waals surface area contributed by atoms with E-state index in [1.807, 2.05) is 26.0 Å². The SMILES string of the molecule is Cc1ccc(CC(C)Nc2cc(C(F)(F)F)ccn2)s1. The molecule has 2 nitrogen and oxygen atoms in total. The Morgan fingerprint density at radius 3 is 2.65 bits per heavy atom. The van der Waals surface area contributed by atoms with Crippen LogP contribution in [0.1, 0.15) is 22.2 Å². The van der Waals surface area contributed by atoms with Gasteiger partial charge in [0.2, 0.25) is 0 Å². The number of aromatic nitrogens is 1. The van der Waals surface area contributed by atoms with E-state index >= 15 is 0 Å². The summed E-state index contributed by atoms with van der Waals surface area (Å²) in [5.41, 5.74) is -0.686. The minimum Gasteiger partial charge on any atom is -0.367 e. The molecule has 6 heteroatoms. The molecule has 1 N–H and O–H groups in total. The van der Waals surface area contributed by atoms with E-state index in [2.05, 4.69) is 10.3 Å². The lowest BCUT2D eigenvalue weighted by molar-refractivity contribution is -0.137. The van der Waals surface area contributed by atoms with E-state index in [9.17, 15) is 13.2 Å². The Morgan fingerprint density at radius 2 is 2.05 bits per heavy atom. The third kappa shape index (κ3) is 3.96. The van der Waals surface area contributed by atoms with Gasteiger partial charge in [-0.3, -0.25) is 0 Å². The standard InChI is InChI=1S/C14H15F3N2S/c1-9(7-12-4-3-10(2)20-12)19-13-8-11(5-6-18-13)14(15,16)17/h3-6,8-9H,7H2,1-2H3,(H,18,19). The van der Waals surface area contributed by atoms with Gasteiger partial charge in [0.25, 0.3) is 0 Å². The van der Waals surface area contributed by atoms with Crippen LogP contribution in [0.15, 0.2) is 30.5 Å². The summed E-state index contributed by atoms with van der Waals surface area (Å²) in [5.74, 6) is 0.251. The number of anilines is 1. The number of nitrogens with one attached hydrogen (secondary N) is 1. The summed E-state index contributed by atoms with van der Waals surface area (Å²) in [6.45, 7) is 3.96. The molecule has 2 aromatic rings. The Balaban J connectivity index is 2.02. The van der Waals surface area contributed by atoms with Crippen LogP contribution >= 0.6 is 11.3 Å². The van der Waals surface area contributed by atoms with E-state index < -0.39 is 11.7 Å². The topological polar surface area (TPSA) is 24.9 Å². The summed E-state index contributed by atoms with van der Waals surface area (Å²) >= 11 is 1.69. The molecule has 1 atom stereocenters. The minimum absolute atomic E-state index is 0.0176. The van der Waals surface area contributed by atoms with Crippen LogP contribution in [0.3, 0.4) is 0 Å². The van der Waals surface area contributed by atoms with Crippen LogP contribution in [-0.4, -0.2) is 11.0 Å². The maximum Gasteiger partial charge on any atom is 0.416 e.